The van der Waals surface area contributed by atoms with E-state index in [1.54, 1.807) is 23.6 Å². The van der Waals surface area contributed by atoms with Crippen molar-refractivity contribution in [3.05, 3.63) is 54.4 Å². The van der Waals surface area contributed by atoms with Gasteiger partial charge in [0.05, 0.1) is 29.4 Å². The molecule has 12 heteroatoms. The van der Waals surface area contributed by atoms with Gasteiger partial charge in [-0.3, -0.25) is 4.79 Å². The summed E-state index contributed by atoms with van der Waals surface area (Å²) in [6, 6.07) is 13.9. The van der Waals surface area contributed by atoms with E-state index < -0.39 is 10.0 Å². The van der Waals surface area contributed by atoms with Gasteiger partial charge in [0.2, 0.25) is 15.9 Å². The molecule has 5 rings (SSSR count). The maximum atomic E-state index is 12.9. The molecule has 0 radical (unpaired) electrons. The number of benzene rings is 2. The summed E-state index contributed by atoms with van der Waals surface area (Å²) in [5.74, 6) is 0.397. The number of aryl methyl sites for hydroxylation is 1. The molecule has 1 N–H and O–H groups in total. The lowest BCUT2D eigenvalue weighted by Gasteiger charge is -2.26. The number of para-hydroxylation sites is 1. The van der Waals surface area contributed by atoms with E-state index >= 15 is 0 Å². The minimum absolute atomic E-state index is 0.0692. The third-order valence-electron chi connectivity index (χ3n) is 5.31. The molecule has 4 aromatic rings. The van der Waals surface area contributed by atoms with Gasteiger partial charge in [-0.15, -0.1) is 5.10 Å². The summed E-state index contributed by atoms with van der Waals surface area (Å²) in [5.41, 5.74) is 1.87. The summed E-state index contributed by atoms with van der Waals surface area (Å²) >= 11 is 1.23. The molecule has 176 valence electrons. The number of anilines is 1. The molecule has 1 fully saturated rings. The Morgan fingerprint density at radius 3 is 2.74 bits per heavy atom. The molecule has 1 amide bonds. The lowest BCUT2D eigenvalue weighted by atomic mass is 10.2. The summed E-state index contributed by atoms with van der Waals surface area (Å²) in [4.78, 5) is 21.9. The monoisotopic (exact) mass is 498 g/mol. The third-order valence-corrected chi connectivity index (χ3v) is 8.14. The van der Waals surface area contributed by atoms with Crippen LogP contribution >= 0.6 is 11.8 Å². The molecule has 0 bridgehead atoms. The molecular formula is C22H22N6O4S2. The van der Waals surface area contributed by atoms with Gasteiger partial charge in [0.15, 0.2) is 10.8 Å². The SMILES string of the molecule is Cc1nc2c3ccccc3nc(SCC(=O)Nc3cccc(S(=O)(=O)N4CCOCC4)c3)n2n1. The van der Waals surface area contributed by atoms with E-state index in [9.17, 15) is 13.2 Å². The van der Waals surface area contributed by atoms with Crippen molar-refractivity contribution in [2.75, 3.05) is 37.4 Å². The summed E-state index contributed by atoms with van der Waals surface area (Å²) in [7, 11) is -3.65. The van der Waals surface area contributed by atoms with Gasteiger partial charge < -0.3 is 10.1 Å². The number of nitrogens with zero attached hydrogens (tertiary/aromatic N) is 5. The summed E-state index contributed by atoms with van der Waals surface area (Å²) in [5, 5.41) is 8.63. The molecule has 0 atom stereocenters. The highest BCUT2D eigenvalue weighted by Gasteiger charge is 2.26. The molecule has 2 aromatic carbocycles. The number of ether oxygens (including phenoxy) is 1. The van der Waals surface area contributed by atoms with E-state index in [2.05, 4.69) is 20.4 Å². The Morgan fingerprint density at radius 2 is 1.91 bits per heavy atom. The highest BCUT2D eigenvalue weighted by molar-refractivity contribution is 7.99. The van der Waals surface area contributed by atoms with Crippen molar-refractivity contribution in [3.63, 3.8) is 0 Å². The fourth-order valence-electron chi connectivity index (χ4n) is 3.72. The van der Waals surface area contributed by atoms with Gasteiger partial charge >= 0.3 is 0 Å². The number of sulfonamides is 1. The average Bonchev–Trinajstić information content (AvgIpc) is 3.25. The second-order valence-electron chi connectivity index (χ2n) is 7.69. The second-order valence-corrected chi connectivity index (χ2v) is 10.6. The van der Waals surface area contributed by atoms with Crippen molar-refractivity contribution in [2.24, 2.45) is 0 Å². The number of hydrogen-bond donors (Lipinski definition) is 1. The smallest absolute Gasteiger partial charge is 0.243 e. The van der Waals surface area contributed by atoms with Crippen LogP contribution < -0.4 is 5.32 Å². The van der Waals surface area contributed by atoms with Gasteiger partial charge in [-0.05, 0) is 37.3 Å². The molecular weight excluding hydrogens is 476 g/mol. The van der Waals surface area contributed by atoms with Crippen LogP contribution in [0.3, 0.4) is 0 Å². The number of carbonyl (C=O) groups excluding carboxylic acids is 1. The molecule has 0 aliphatic carbocycles. The Kier molecular flexibility index (Phi) is 6.21. The molecule has 1 saturated heterocycles. The number of nitrogens with one attached hydrogen (secondary N) is 1. The van der Waals surface area contributed by atoms with Crippen molar-refractivity contribution in [2.45, 2.75) is 17.0 Å². The van der Waals surface area contributed by atoms with E-state index in [0.29, 0.717) is 48.6 Å². The third kappa shape index (κ3) is 4.49. The van der Waals surface area contributed by atoms with Gasteiger partial charge in [0.1, 0.15) is 5.82 Å². The van der Waals surface area contributed by atoms with Crippen molar-refractivity contribution in [3.8, 4) is 0 Å². The Bertz CT molecular complexity index is 1480. The number of fused-ring (bicyclic) bond motifs is 3. The van der Waals surface area contributed by atoms with Crippen LogP contribution in [0.1, 0.15) is 5.82 Å². The van der Waals surface area contributed by atoms with Crippen LogP contribution in [0.5, 0.6) is 0 Å². The number of morpholine rings is 1. The second kappa shape index (κ2) is 9.29. The number of rotatable bonds is 6. The van der Waals surface area contributed by atoms with Crippen LogP contribution in [0, 0.1) is 6.92 Å². The summed E-state index contributed by atoms with van der Waals surface area (Å²) in [6.07, 6.45) is 0. The Hall–Kier alpha value is -3.06. The van der Waals surface area contributed by atoms with Crippen molar-refractivity contribution in [1.29, 1.82) is 0 Å². The zero-order valence-corrected chi connectivity index (χ0v) is 20.0. The lowest BCUT2D eigenvalue weighted by Crippen LogP contribution is -2.40. The summed E-state index contributed by atoms with van der Waals surface area (Å²) < 4.78 is 34.1. The number of carbonyl (C=O) groups is 1. The van der Waals surface area contributed by atoms with E-state index in [-0.39, 0.29) is 16.6 Å². The number of aromatic nitrogens is 4. The molecule has 0 spiro atoms. The van der Waals surface area contributed by atoms with Crippen molar-refractivity contribution < 1.29 is 17.9 Å². The quantitative estimate of drug-likeness (QED) is 0.318. The molecule has 10 nitrogen and oxygen atoms in total. The van der Waals surface area contributed by atoms with Gasteiger partial charge in [-0.1, -0.05) is 30.0 Å². The van der Waals surface area contributed by atoms with Crippen molar-refractivity contribution >= 4 is 49.9 Å². The number of amides is 1. The van der Waals surface area contributed by atoms with Crippen LogP contribution in [-0.2, 0) is 19.6 Å². The fourth-order valence-corrected chi connectivity index (χ4v) is 5.92. The van der Waals surface area contributed by atoms with E-state index in [1.807, 2.05) is 24.3 Å². The molecule has 34 heavy (non-hydrogen) atoms. The van der Waals surface area contributed by atoms with E-state index in [4.69, 9.17) is 4.74 Å². The lowest BCUT2D eigenvalue weighted by molar-refractivity contribution is -0.113. The molecule has 1 aliphatic heterocycles. The highest BCUT2D eigenvalue weighted by Crippen LogP contribution is 2.25. The predicted octanol–water partition coefficient (Wildman–Crippen LogP) is 2.34. The van der Waals surface area contributed by atoms with Crippen LogP contribution in [0.15, 0.2) is 58.6 Å². The van der Waals surface area contributed by atoms with Gasteiger partial charge in [0.25, 0.3) is 0 Å². The molecule has 3 heterocycles. The first-order valence-corrected chi connectivity index (χ1v) is 13.1. The molecule has 1 aliphatic rings. The minimum atomic E-state index is -3.65. The zero-order valence-electron chi connectivity index (χ0n) is 18.3. The summed E-state index contributed by atoms with van der Waals surface area (Å²) in [6.45, 7) is 3.17. The van der Waals surface area contributed by atoms with Gasteiger partial charge in [-0.25, -0.2) is 18.4 Å². The van der Waals surface area contributed by atoms with Gasteiger partial charge in [-0.2, -0.15) is 8.82 Å². The van der Waals surface area contributed by atoms with Gasteiger partial charge in [0, 0.05) is 24.2 Å². The maximum absolute atomic E-state index is 12.9. The van der Waals surface area contributed by atoms with Crippen LogP contribution in [0.2, 0.25) is 0 Å². The zero-order chi connectivity index (χ0) is 23.7. The molecule has 0 saturated carbocycles. The first kappa shape index (κ1) is 22.7. The van der Waals surface area contributed by atoms with Crippen LogP contribution in [0.4, 0.5) is 5.69 Å². The highest BCUT2D eigenvalue weighted by atomic mass is 32.2. The standard InChI is InChI=1S/C22H22N6O4S2/c1-15-23-21-18-7-2-3-8-19(18)25-22(28(21)26-15)33-14-20(29)24-16-5-4-6-17(13-16)34(30,31)27-9-11-32-12-10-27/h2-8,13H,9-12,14H2,1H3,(H,24,29). The Labute approximate surface area is 200 Å². The van der Waals surface area contributed by atoms with Crippen LogP contribution in [-0.4, -0.2) is 70.3 Å². The normalized spacial score (nSPS) is 15.1. The average molecular weight is 499 g/mol. The first-order valence-electron chi connectivity index (χ1n) is 10.6. The number of hydrogen-bond acceptors (Lipinski definition) is 8. The van der Waals surface area contributed by atoms with Crippen LogP contribution in [0.25, 0.3) is 16.6 Å². The maximum Gasteiger partial charge on any atom is 0.243 e. The topological polar surface area (TPSA) is 119 Å². The Morgan fingerprint density at radius 1 is 1.12 bits per heavy atom. The minimum Gasteiger partial charge on any atom is -0.379 e. The molecule has 0 unspecified atom stereocenters. The fraction of sp³-hybridized carbons (Fsp3) is 0.273. The van der Waals surface area contributed by atoms with Crippen molar-refractivity contribution in [1.82, 2.24) is 23.9 Å². The number of thioether (sulfide) groups is 1. The van der Waals surface area contributed by atoms with E-state index in [1.165, 1.54) is 28.2 Å². The van der Waals surface area contributed by atoms with E-state index in [0.717, 1.165) is 10.9 Å². The predicted molar refractivity (Wildman–Crippen MR) is 128 cm³/mol. The largest absolute Gasteiger partial charge is 0.379 e. The first-order chi connectivity index (χ1) is 16.4. The Balaban J connectivity index is 1.32. The molecule has 2 aromatic heterocycles.